The van der Waals surface area contributed by atoms with Gasteiger partial charge in [0.1, 0.15) is 5.60 Å². The summed E-state index contributed by atoms with van der Waals surface area (Å²) in [6.07, 6.45) is -0.460. The van der Waals surface area contributed by atoms with Crippen molar-refractivity contribution >= 4 is 17.5 Å². The number of hydrogen-bond acceptors (Lipinski definition) is 4. The molecule has 4 nitrogen and oxygen atoms in total. The third-order valence-corrected chi connectivity index (χ3v) is 2.32. The van der Waals surface area contributed by atoms with Gasteiger partial charge in [-0.3, -0.25) is 9.59 Å². The molecule has 0 aliphatic heterocycles. The van der Waals surface area contributed by atoms with Gasteiger partial charge in [-0.15, -0.1) is 0 Å². The highest BCUT2D eigenvalue weighted by molar-refractivity contribution is 6.38. The summed E-state index contributed by atoms with van der Waals surface area (Å²) < 4.78 is 4.91. The number of aryl methyl sites for hydroxylation is 1. The maximum Gasteiger partial charge on any atom is 0.375 e. The van der Waals surface area contributed by atoms with Crippen LogP contribution in [0, 0.1) is 6.92 Å². The molecule has 0 N–H and O–H groups in total. The first-order valence-electron chi connectivity index (χ1n) is 6.05. The summed E-state index contributed by atoms with van der Waals surface area (Å²) >= 11 is 0. The van der Waals surface area contributed by atoms with E-state index < -0.39 is 23.8 Å². The maximum atomic E-state index is 11.8. The number of carbonyl (C=O) groups is 3. The van der Waals surface area contributed by atoms with Gasteiger partial charge in [0.05, 0.1) is 6.42 Å². The fourth-order valence-electron chi connectivity index (χ4n) is 1.39. The van der Waals surface area contributed by atoms with Crippen LogP contribution in [0.5, 0.6) is 0 Å². The molecule has 102 valence electrons. The molecule has 0 aromatic heterocycles. The molecule has 0 saturated heterocycles. The van der Waals surface area contributed by atoms with Crippen LogP contribution >= 0.6 is 0 Å². The number of benzene rings is 1. The molecule has 0 unspecified atom stereocenters. The molecule has 1 aromatic rings. The zero-order valence-corrected chi connectivity index (χ0v) is 11.6. The molecule has 0 bridgehead atoms. The Kier molecular flexibility index (Phi) is 4.59. The van der Waals surface area contributed by atoms with Gasteiger partial charge < -0.3 is 4.74 Å². The summed E-state index contributed by atoms with van der Waals surface area (Å²) in [4.78, 5) is 34.8. The van der Waals surface area contributed by atoms with E-state index >= 15 is 0 Å². The lowest BCUT2D eigenvalue weighted by atomic mass is 10.0. The van der Waals surface area contributed by atoms with E-state index in [0.29, 0.717) is 5.56 Å². The SMILES string of the molecule is Cc1ccc(C(=O)CC(=O)C(=O)OC(C)(C)C)cc1. The molecule has 1 rings (SSSR count). The van der Waals surface area contributed by atoms with E-state index in [4.69, 9.17) is 4.74 Å². The second kappa shape index (κ2) is 5.78. The topological polar surface area (TPSA) is 60.4 Å². The Bertz CT molecular complexity index is 492. The first-order valence-corrected chi connectivity index (χ1v) is 6.05. The van der Waals surface area contributed by atoms with Crippen LogP contribution in [-0.4, -0.2) is 23.1 Å². The van der Waals surface area contributed by atoms with Gasteiger partial charge in [0, 0.05) is 5.56 Å². The standard InChI is InChI=1S/C15H18O4/c1-10-5-7-11(8-6-10)12(16)9-13(17)14(18)19-15(2,3)4/h5-8H,9H2,1-4H3. The van der Waals surface area contributed by atoms with Crippen molar-refractivity contribution in [2.24, 2.45) is 0 Å². The average Bonchev–Trinajstić information content (AvgIpc) is 2.27. The maximum absolute atomic E-state index is 11.8. The lowest BCUT2D eigenvalue weighted by molar-refractivity contribution is -0.162. The fraction of sp³-hybridized carbons (Fsp3) is 0.400. The first kappa shape index (κ1) is 15.1. The molecule has 1 aromatic carbocycles. The van der Waals surface area contributed by atoms with Gasteiger partial charge in [-0.1, -0.05) is 29.8 Å². The van der Waals surface area contributed by atoms with Crippen molar-refractivity contribution in [2.75, 3.05) is 0 Å². The van der Waals surface area contributed by atoms with Gasteiger partial charge >= 0.3 is 5.97 Å². The van der Waals surface area contributed by atoms with Crippen molar-refractivity contribution in [2.45, 2.75) is 39.7 Å². The average molecular weight is 262 g/mol. The van der Waals surface area contributed by atoms with Crippen molar-refractivity contribution in [1.29, 1.82) is 0 Å². The van der Waals surface area contributed by atoms with Crippen molar-refractivity contribution < 1.29 is 19.1 Å². The molecule has 4 heteroatoms. The van der Waals surface area contributed by atoms with Crippen molar-refractivity contribution in [3.63, 3.8) is 0 Å². The highest BCUT2D eigenvalue weighted by Gasteiger charge is 2.24. The fourth-order valence-corrected chi connectivity index (χ4v) is 1.39. The molecule has 0 spiro atoms. The Morgan fingerprint density at radius 2 is 1.58 bits per heavy atom. The Morgan fingerprint density at radius 3 is 2.05 bits per heavy atom. The van der Waals surface area contributed by atoms with Crippen LogP contribution in [0.3, 0.4) is 0 Å². The minimum Gasteiger partial charge on any atom is -0.454 e. The van der Waals surface area contributed by atoms with Gasteiger partial charge in [-0.2, -0.15) is 0 Å². The first-order chi connectivity index (χ1) is 8.69. The normalized spacial score (nSPS) is 10.9. The van der Waals surface area contributed by atoms with Crippen LogP contribution in [0.15, 0.2) is 24.3 Å². The molecule has 0 aliphatic carbocycles. The Morgan fingerprint density at radius 1 is 1.05 bits per heavy atom. The number of rotatable bonds is 4. The van der Waals surface area contributed by atoms with Gasteiger partial charge in [-0.25, -0.2) is 4.79 Å². The largest absolute Gasteiger partial charge is 0.454 e. The van der Waals surface area contributed by atoms with Gasteiger partial charge in [-0.05, 0) is 27.7 Å². The smallest absolute Gasteiger partial charge is 0.375 e. The summed E-state index contributed by atoms with van der Waals surface area (Å²) in [6, 6.07) is 6.84. The van der Waals surface area contributed by atoms with Gasteiger partial charge in [0.25, 0.3) is 0 Å². The van der Waals surface area contributed by atoms with E-state index in [-0.39, 0.29) is 5.78 Å². The molecule has 0 fully saturated rings. The number of ether oxygens (including phenoxy) is 1. The van der Waals surface area contributed by atoms with Crippen LogP contribution in [0.4, 0.5) is 0 Å². The van der Waals surface area contributed by atoms with E-state index in [1.54, 1.807) is 45.0 Å². The van der Waals surface area contributed by atoms with Crippen LogP contribution < -0.4 is 0 Å². The van der Waals surface area contributed by atoms with E-state index in [1.807, 2.05) is 6.92 Å². The van der Waals surface area contributed by atoms with Crippen molar-refractivity contribution in [1.82, 2.24) is 0 Å². The van der Waals surface area contributed by atoms with Gasteiger partial charge in [0.15, 0.2) is 5.78 Å². The molecule has 0 atom stereocenters. The van der Waals surface area contributed by atoms with E-state index in [0.717, 1.165) is 5.56 Å². The second-order valence-corrected chi connectivity index (χ2v) is 5.39. The summed E-state index contributed by atoms with van der Waals surface area (Å²) in [5.41, 5.74) is 0.706. The molecule has 19 heavy (non-hydrogen) atoms. The number of esters is 1. The zero-order chi connectivity index (χ0) is 14.6. The van der Waals surface area contributed by atoms with Crippen molar-refractivity contribution in [3.8, 4) is 0 Å². The van der Waals surface area contributed by atoms with Crippen LogP contribution in [0.2, 0.25) is 0 Å². The van der Waals surface area contributed by atoms with Crippen LogP contribution in [0.1, 0.15) is 43.1 Å². The predicted octanol–water partition coefficient (Wildman–Crippen LogP) is 2.48. The number of ketones is 2. The zero-order valence-electron chi connectivity index (χ0n) is 11.6. The van der Waals surface area contributed by atoms with E-state index in [2.05, 4.69) is 0 Å². The Balaban J connectivity index is 2.64. The summed E-state index contributed by atoms with van der Waals surface area (Å²) in [5, 5.41) is 0. The third kappa shape index (κ3) is 5.04. The number of Topliss-reactive ketones (excluding diaryl/α,β-unsaturated/α-hetero) is 2. The lowest BCUT2D eigenvalue weighted by Gasteiger charge is -2.18. The molecular weight excluding hydrogens is 244 g/mol. The van der Waals surface area contributed by atoms with Crippen LogP contribution in [-0.2, 0) is 14.3 Å². The minimum atomic E-state index is -0.965. The van der Waals surface area contributed by atoms with Crippen molar-refractivity contribution in [3.05, 3.63) is 35.4 Å². The highest BCUT2D eigenvalue weighted by Crippen LogP contribution is 2.10. The lowest BCUT2D eigenvalue weighted by Crippen LogP contribution is -2.30. The van der Waals surface area contributed by atoms with E-state index in [1.165, 1.54) is 0 Å². The molecule has 0 saturated carbocycles. The van der Waals surface area contributed by atoms with Crippen LogP contribution in [0.25, 0.3) is 0 Å². The summed E-state index contributed by atoms with van der Waals surface area (Å²) in [7, 11) is 0. The number of hydrogen-bond donors (Lipinski definition) is 0. The van der Waals surface area contributed by atoms with E-state index in [9.17, 15) is 14.4 Å². The molecule has 0 amide bonds. The molecule has 0 aliphatic rings. The second-order valence-electron chi connectivity index (χ2n) is 5.39. The molecule has 0 radical (unpaired) electrons. The minimum absolute atomic E-state index is 0.379. The predicted molar refractivity (Wildman–Crippen MR) is 71.0 cm³/mol. The summed E-state index contributed by atoms with van der Waals surface area (Å²) in [6.45, 7) is 6.90. The third-order valence-electron chi connectivity index (χ3n) is 2.32. The number of carbonyl (C=O) groups excluding carboxylic acids is 3. The quantitative estimate of drug-likeness (QED) is 0.362. The summed E-state index contributed by atoms with van der Waals surface area (Å²) in [5.74, 6) is -2.16. The monoisotopic (exact) mass is 262 g/mol. The Hall–Kier alpha value is -1.97. The molecule has 0 heterocycles. The molecular formula is C15H18O4. The van der Waals surface area contributed by atoms with Gasteiger partial charge in [0.2, 0.25) is 5.78 Å². The Labute approximate surface area is 112 Å². The highest BCUT2D eigenvalue weighted by atomic mass is 16.6.